The van der Waals surface area contributed by atoms with E-state index in [2.05, 4.69) is 14.7 Å². The van der Waals surface area contributed by atoms with Gasteiger partial charge in [-0.3, -0.25) is 9.78 Å². The maximum atomic E-state index is 13.2. The van der Waals surface area contributed by atoms with Crippen molar-refractivity contribution in [2.24, 2.45) is 0 Å². The lowest BCUT2D eigenvalue weighted by molar-refractivity contribution is -0.151. The number of thiazole rings is 1. The summed E-state index contributed by atoms with van der Waals surface area (Å²) in [6.45, 7) is 0.187. The van der Waals surface area contributed by atoms with Crippen molar-refractivity contribution in [2.45, 2.75) is 29.1 Å². The number of halogens is 1. The van der Waals surface area contributed by atoms with Gasteiger partial charge in [-0.2, -0.15) is 4.72 Å². The van der Waals surface area contributed by atoms with Crippen molar-refractivity contribution >= 4 is 60.7 Å². The number of anilines is 1. The Morgan fingerprint density at radius 3 is 2.80 bits per heavy atom. The number of amides is 1. The molecule has 1 fully saturated rings. The number of carbonyl (C=O) groups is 2. The standard InChI is InChI=1S/C22H24ClN5O5S2/c1-27(2)22-25-12-19(34-22)35(31,32)26-17-5-7-28(20(17)29)18(21(30)33-3)10-14-8-13-4-6-24-11-15(13)9-16(14)23/h4,6,8-9,11-12,17-18,26H,5,7,10H2,1-3H3. The number of pyridine rings is 1. The number of hydrogen-bond acceptors (Lipinski definition) is 9. The van der Waals surface area contributed by atoms with Crippen LogP contribution in [0.15, 0.2) is 41.0 Å². The first-order valence-corrected chi connectivity index (χ1v) is 13.3. The van der Waals surface area contributed by atoms with Crippen LogP contribution in [0.5, 0.6) is 0 Å². The third kappa shape index (κ3) is 5.25. The monoisotopic (exact) mass is 537 g/mol. The zero-order valence-corrected chi connectivity index (χ0v) is 21.7. The maximum Gasteiger partial charge on any atom is 0.328 e. The highest BCUT2D eigenvalue weighted by atomic mass is 35.5. The molecule has 2 atom stereocenters. The number of rotatable bonds is 8. The van der Waals surface area contributed by atoms with Crippen molar-refractivity contribution in [1.29, 1.82) is 0 Å². The molecule has 13 heteroatoms. The van der Waals surface area contributed by atoms with Crippen molar-refractivity contribution in [3.05, 3.63) is 47.4 Å². The van der Waals surface area contributed by atoms with Gasteiger partial charge in [0.25, 0.3) is 10.0 Å². The smallest absolute Gasteiger partial charge is 0.328 e. The van der Waals surface area contributed by atoms with E-state index in [1.807, 2.05) is 12.1 Å². The van der Waals surface area contributed by atoms with Crippen molar-refractivity contribution in [2.75, 3.05) is 32.6 Å². The summed E-state index contributed by atoms with van der Waals surface area (Å²) in [5, 5.41) is 2.70. The van der Waals surface area contributed by atoms with Crippen LogP contribution in [0.3, 0.4) is 0 Å². The number of sulfonamides is 1. The summed E-state index contributed by atoms with van der Waals surface area (Å²) in [6, 6.07) is 3.47. The van der Waals surface area contributed by atoms with E-state index < -0.39 is 34.0 Å². The van der Waals surface area contributed by atoms with Gasteiger partial charge in [-0.15, -0.1) is 0 Å². The average Bonchev–Trinajstić information content (AvgIpc) is 3.46. The molecule has 3 aromatic rings. The van der Waals surface area contributed by atoms with Crippen LogP contribution in [-0.4, -0.2) is 75.0 Å². The van der Waals surface area contributed by atoms with Gasteiger partial charge in [-0.25, -0.2) is 18.2 Å². The Hall–Kier alpha value is -2.80. The minimum atomic E-state index is -3.97. The van der Waals surface area contributed by atoms with Crippen LogP contribution in [0.1, 0.15) is 12.0 Å². The van der Waals surface area contributed by atoms with E-state index in [4.69, 9.17) is 16.3 Å². The second-order valence-electron chi connectivity index (χ2n) is 8.26. The molecule has 0 bridgehead atoms. The molecule has 1 aliphatic heterocycles. The molecule has 186 valence electrons. The van der Waals surface area contributed by atoms with Crippen LogP contribution in [-0.2, 0) is 30.8 Å². The highest BCUT2D eigenvalue weighted by Gasteiger charge is 2.41. The lowest BCUT2D eigenvalue weighted by Crippen LogP contribution is -2.48. The Balaban J connectivity index is 1.55. The third-order valence-corrected chi connectivity index (χ3v) is 9.18. The summed E-state index contributed by atoms with van der Waals surface area (Å²) < 4.78 is 33.1. The second kappa shape index (κ2) is 10.1. The summed E-state index contributed by atoms with van der Waals surface area (Å²) in [5.41, 5.74) is 0.665. The zero-order chi connectivity index (χ0) is 25.3. The number of likely N-dealkylation sites (tertiary alicyclic amines) is 1. The average molecular weight is 538 g/mol. The van der Waals surface area contributed by atoms with Gasteiger partial charge < -0.3 is 14.5 Å². The van der Waals surface area contributed by atoms with Gasteiger partial charge in [0, 0.05) is 49.9 Å². The van der Waals surface area contributed by atoms with Crippen LogP contribution in [0.2, 0.25) is 5.02 Å². The van der Waals surface area contributed by atoms with E-state index in [0.29, 0.717) is 15.7 Å². The molecule has 2 aromatic heterocycles. The molecular formula is C22H24ClN5O5S2. The molecule has 10 nitrogen and oxygen atoms in total. The molecule has 0 saturated carbocycles. The minimum absolute atomic E-state index is 0.00871. The van der Waals surface area contributed by atoms with Crippen LogP contribution in [0.25, 0.3) is 10.8 Å². The number of nitrogens with one attached hydrogen (secondary N) is 1. The summed E-state index contributed by atoms with van der Waals surface area (Å²) >= 11 is 7.46. The number of aromatic nitrogens is 2. The number of benzene rings is 1. The summed E-state index contributed by atoms with van der Waals surface area (Å²) in [7, 11) is 0.794. The molecule has 1 aliphatic rings. The first kappa shape index (κ1) is 25.3. The van der Waals surface area contributed by atoms with Crippen LogP contribution in [0.4, 0.5) is 5.13 Å². The van der Waals surface area contributed by atoms with Crippen LogP contribution in [0, 0.1) is 0 Å². The van der Waals surface area contributed by atoms with Crippen LogP contribution < -0.4 is 9.62 Å². The number of carbonyl (C=O) groups excluding carboxylic acids is 2. The molecule has 3 heterocycles. The quantitative estimate of drug-likeness (QED) is 0.433. The Morgan fingerprint density at radius 1 is 1.34 bits per heavy atom. The van der Waals surface area contributed by atoms with E-state index in [-0.39, 0.29) is 23.6 Å². The van der Waals surface area contributed by atoms with Crippen LogP contribution >= 0.6 is 22.9 Å². The summed E-state index contributed by atoms with van der Waals surface area (Å²) in [6.07, 6.45) is 4.93. The highest BCUT2D eigenvalue weighted by Crippen LogP contribution is 2.29. The molecule has 0 aliphatic carbocycles. The normalized spacial score (nSPS) is 17.1. The van der Waals surface area contributed by atoms with Gasteiger partial charge in [-0.1, -0.05) is 22.9 Å². The Kier molecular flexibility index (Phi) is 7.27. The number of nitrogens with zero attached hydrogens (tertiary/aromatic N) is 4. The molecule has 0 radical (unpaired) electrons. The van der Waals surface area contributed by atoms with E-state index in [9.17, 15) is 18.0 Å². The molecule has 2 unspecified atom stereocenters. The third-order valence-electron chi connectivity index (χ3n) is 5.73. The van der Waals surface area contributed by atoms with E-state index in [1.54, 1.807) is 37.5 Å². The summed E-state index contributed by atoms with van der Waals surface area (Å²) in [5.74, 6) is -1.10. The fourth-order valence-electron chi connectivity index (χ4n) is 3.92. The van der Waals surface area contributed by atoms with Gasteiger partial charge in [0.2, 0.25) is 5.91 Å². The predicted molar refractivity (Wildman–Crippen MR) is 133 cm³/mol. The maximum absolute atomic E-state index is 13.2. The molecule has 1 aromatic carbocycles. The van der Waals surface area contributed by atoms with Crippen molar-refractivity contribution in [3.8, 4) is 0 Å². The fraction of sp³-hybridized carbons (Fsp3) is 0.364. The van der Waals surface area contributed by atoms with Gasteiger partial charge >= 0.3 is 5.97 Å². The molecule has 1 N–H and O–H groups in total. The van der Waals surface area contributed by atoms with Crippen molar-refractivity contribution in [3.63, 3.8) is 0 Å². The van der Waals surface area contributed by atoms with Gasteiger partial charge in [0.05, 0.1) is 13.3 Å². The number of methoxy groups -OCH3 is 1. The largest absolute Gasteiger partial charge is 0.467 e. The summed E-state index contributed by atoms with van der Waals surface area (Å²) in [4.78, 5) is 37.1. The number of ether oxygens (including phenoxy) is 1. The van der Waals surface area contributed by atoms with Gasteiger partial charge in [0.15, 0.2) is 9.34 Å². The molecule has 1 amide bonds. The molecule has 0 spiro atoms. The van der Waals surface area contributed by atoms with E-state index in [1.165, 1.54) is 18.2 Å². The first-order chi connectivity index (χ1) is 16.6. The molecular weight excluding hydrogens is 514 g/mol. The SMILES string of the molecule is COC(=O)C(Cc1cc2ccncc2cc1Cl)N1CCC(NS(=O)(=O)c2cnc(N(C)C)s2)C1=O. The lowest BCUT2D eigenvalue weighted by atomic mass is 10.0. The van der Waals surface area contributed by atoms with Gasteiger partial charge in [0.1, 0.15) is 12.1 Å². The zero-order valence-electron chi connectivity index (χ0n) is 19.3. The van der Waals surface area contributed by atoms with E-state index >= 15 is 0 Å². The fourth-order valence-corrected chi connectivity index (χ4v) is 6.45. The molecule has 4 rings (SSSR count). The topological polar surface area (TPSA) is 122 Å². The Bertz CT molecular complexity index is 1380. The molecule has 35 heavy (non-hydrogen) atoms. The lowest BCUT2D eigenvalue weighted by Gasteiger charge is -2.26. The Morgan fingerprint density at radius 2 is 2.11 bits per heavy atom. The van der Waals surface area contributed by atoms with Crippen molar-refractivity contribution < 1.29 is 22.7 Å². The molecule has 1 saturated heterocycles. The first-order valence-electron chi connectivity index (χ1n) is 10.7. The van der Waals surface area contributed by atoms with Crippen molar-refractivity contribution in [1.82, 2.24) is 19.6 Å². The highest BCUT2D eigenvalue weighted by molar-refractivity contribution is 7.91. The number of esters is 1. The second-order valence-corrected chi connectivity index (χ2v) is 11.6. The van der Waals surface area contributed by atoms with E-state index in [0.717, 1.165) is 22.1 Å². The van der Waals surface area contributed by atoms with Gasteiger partial charge in [-0.05, 0) is 35.6 Å². The number of hydrogen-bond donors (Lipinski definition) is 1. The number of fused-ring (bicyclic) bond motifs is 1. The predicted octanol–water partition coefficient (Wildman–Crippen LogP) is 2.07. The minimum Gasteiger partial charge on any atom is -0.467 e. The Labute approximate surface area is 211 Å².